The van der Waals surface area contributed by atoms with Crippen molar-refractivity contribution in [2.75, 3.05) is 19.6 Å². The predicted molar refractivity (Wildman–Crippen MR) is 84.3 cm³/mol. The molecule has 0 atom stereocenters. The summed E-state index contributed by atoms with van der Waals surface area (Å²) in [5, 5.41) is 11.4. The molecule has 1 N–H and O–H groups in total. The Bertz CT molecular complexity index is 507. The van der Waals surface area contributed by atoms with Crippen LogP contribution < -0.4 is 5.32 Å². The first-order valence-electron chi connectivity index (χ1n) is 8.60. The standard InChI is InChI=1S/C16H27N5O/c1-13(22)17-11-16-19-18-15-7-8-20(9-10-21(15)16)12-14-5-3-2-4-6-14/h14H,2-12H2,1H3,(H,17,22). The van der Waals surface area contributed by atoms with Crippen LogP contribution in [0.3, 0.4) is 0 Å². The first-order chi connectivity index (χ1) is 10.7. The quantitative estimate of drug-likeness (QED) is 0.912. The third-order valence-corrected chi connectivity index (χ3v) is 4.93. The molecule has 2 aliphatic rings. The summed E-state index contributed by atoms with van der Waals surface area (Å²) in [5.74, 6) is 2.80. The van der Waals surface area contributed by atoms with Crippen molar-refractivity contribution in [3.63, 3.8) is 0 Å². The summed E-state index contributed by atoms with van der Waals surface area (Å²) in [6.45, 7) is 6.32. The molecule has 1 aliphatic heterocycles. The zero-order chi connectivity index (χ0) is 15.4. The second-order valence-corrected chi connectivity index (χ2v) is 6.65. The molecule has 1 aromatic rings. The van der Waals surface area contributed by atoms with Gasteiger partial charge in [-0.2, -0.15) is 0 Å². The van der Waals surface area contributed by atoms with Gasteiger partial charge in [-0.1, -0.05) is 19.3 Å². The van der Waals surface area contributed by atoms with Crippen LogP contribution >= 0.6 is 0 Å². The van der Waals surface area contributed by atoms with Crippen LogP contribution in [0.15, 0.2) is 0 Å². The largest absolute Gasteiger partial charge is 0.349 e. The highest BCUT2D eigenvalue weighted by molar-refractivity contribution is 5.72. The van der Waals surface area contributed by atoms with Crippen molar-refractivity contribution in [3.05, 3.63) is 11.6 Å². The summed E-state index contributed by atoms with van der Waals surface area (Å²) in [5.41, 5.74) is 0. The minimum absolute atomic E-state index is 0.0232. The van der Waals surface area contributed by atoms with Crippen molar-refractivity contribution in [3.8, 4) is 0 Å². The van der Waals surface area contributed by atoms with E-state index in [0.717, 1.165) is 43.6 Å². The van der Waals surface area contributed by atoms with Gasteiger partial charge in [-0.15, -0.1) is 10.2 Å². The Kier molecular flexibility index (Phi) is 5.08. The van der Waals surface area contributed by atoms with E-state index in [0.29, 0.717) is 6.54 Å². The van der Waals surface area contributed by atoms with Crippen molar-refractivity contribution in [1.29, 1.82) is 0 Å². The molecule has 1 aromatic heterocycles. The van der Waals surface area contributed by atoms with Gasteiger partial charge in [0.2, 0.25) is 5.91 Å². The number of aromatic nitrogens is 3. The van der Waals surface area contributed by atoms with E-state index in [9.17, 15) is 4.79 Å². The van der Waals surface area contributed by atoms with Crippen molar-refractivity contribution in [2.45, 2.75) is 58.5 Å². The number of rotatable bonds is 4. The molecule has 2 heterocycles. The highest BCUT2D eigenvalue weighted by Gasteiger charge is 2.22. The molecule has 1 saturated carbocycles. The van der Waals surface area contributed by atoms with Crippen molar-refractivity contribution in [1.82, 2.24) is 25.0 Å². The molecule has 0 saturated heterocycles. The van der Waals surface area contributed by atoms with E-state index in [-0.39, 0.29) is 5.91 Å². The molecule has 1 amide bonds. The minimum Gasteiger partial charge on any atom is -0.349 e. The number of carbonyl (C=O) groups excluding carboxylic acids is 1. The number of nitrogens with one attached hydrogen (secondary N) is 1. The molecule has 0 bridgehead atoms. The van der Waals surface area contributed by atoms with E-state index in [1.807, 2.05) is 0 Å². The van der Waals surface area contributed by atoms with Crippen LogP contribution in [0, 0.1) is 5.92 Å². The third kappa shape index (κ3) is 3.85. The zero-order valence-electron chi connectivity index (χ0n) is 13.6. The van der Waals surface area contributed by atoms with Crippen LogP contribution in [0.4, 0.5) is 0 Å². The topological polar surface area (TPSA) is 63.1 Å². The van der Waals surface area contributed by atoms with Crippen LogP contribution in [0.25, 0.3) is 0 Å². The van der Waals surface area contributed by atoms with Gasteiger partial charge >= 0.3 is 0 Å². The monoisotopic (exact) mass is 305 g/mol. The van der Waals surface area contributed by atoms with Crippen LogP contribution in [0.5, 0.6) is 0 Å². The Labute approximate surface area is 132 Å². The first kappa shape index (κ1) is 15.5. The maximum absolute atomic E-state index is 11.1. The maximum Gasteiger partial charge on any atom is 0.217 e. The van der Waals surface area contributed by atoms with E-state index in [2.05, 4.69) is 25.0 Å². The van der Waals surface area contributed by atoms with Gasteiger partial charge in [-0.3, -0.25) is 4.79 Å². The van der Waals surface area contributed by atoms with Gasteiger partial charge in [-0.25, -0.2) is 0 Å². The van der Waals surface area contributed by atoms with Crippen LogP contribution in [0.2, 0.25) is 0 Å². The van der Waals surface area contributed by atoms with Gasteiger partial charge in [0.15, 0.2) is 5.82 Å². The highest BCUT2D eigenvalue weighted by atomic mass is 16.1. The first-order valence-corrected chi connectivity index (χ1v) is 8.60. The Hall–Kier alpha value is -1.43. The molecular formula is C16H27N5O. The fourth-order valence-corrected chi connectivity index (χ4v) is 3.68. The third-order valence-electron chi connectivity index (χ3n) is 4.93. The second-order valence-electron chi connectivity index (χ2n) is 6.65. The van der Waals surface area contributed by atoms with E-state index >= 15 is 0 Å². The number of fused-ring (bicyclic) bond motifs is 1. The number of carbonyl (C=O) groups is 1. The van der Waals surface area contributed by atoms with E-state index in [1.165, 1.54) is 45.6 Å². The van der Waals surface area contributed by atoms with Crippen molar-refractivity contribution >= 4 is 5.91 Å². The molecule has 22 heavy (non-hydrogen) atoms. The van der Waals surface area contributed by atoms with Gasteiger partial charge in [0.05, 0.1) is 6.54 Å². The Balaban J connectivity index is 1.56. The SMILES string of the molecule is CC(=O)NCc1nnc2n1CCN(CC1CCCCC1)CC2. The molecule has 6 heteroatoms. The number of hydrogen-bond donors (Lipinski definition) is 1. The molecule has 0 radical (unpaired) electrons. The fourth-order valence-electron chi connectivity index (χ4n) is 3.68. The van der Waals surface area contributed by atoms with Gasteiger partial charge in [-0.05, 0) is 18.8 Å². The number of nitrogens with zero attached hydrogens (tertiary/aromatic N) is 4. The van der Waals surface area contributed by atoms with Gasteiger partial charge in [0.1, 0.15) is 5.82 Å². The lowest BCUT2D eigenvalue weighted by Gasteiger charge is -2.28. The van der Waals surface area contributed by atoms with E-state index in [4.69, 9.17) is 0 Å². The van der Waals surface area contributed by atoms with Gasteiger partial charge < -0.3 is 14.8 Å². The fraction of sp³-hybridized carbons (Fsp3) is 0.812. The van der Waals surface area contributed by atoms with Crippen LogP contribution in [-0.4, -0.2) is 45.2 Å². The normalized spacial score (nSPS) is 20.4. The van der Waals surface area contributed by atoms with E-state index < -0.39 is 0 Å². The molecule has 0 aromatic carbocycles. The minimum atomic E-state index is -0.0232. The van der Waals surface area contributed by atoms with Gasteiger partial charge in [0.25, 0.3) is 0 Å². The average molecular weight is 305 g/mol. The summed E-state index contributed by atoms with van der Waals surface area (Å²) in [6.07, 6.45) is 7.99. The molecule has 6 nitrogen and oxygen atoms in total. The van der Waals surface area contributed by atoms with Crippen molar-refractivity contribution in [2.24, 2.45) is 5.92 Å². The second kappa shape index (κ2) is 7.22. The molecule has 0 spiro atoms. The summed E-state index contributed by atoms with van der Waals surface area (Å²) < 4.78 is 2.19. The smallest absolute Gasteiger partial charge is 0.217 e. The Morgan fingerprint density at radius 3 is 2.77 bits per heavy atom. The number of amides is 1. The predicted octanol–water partition coefficient (Wildman–Crippen LogP) is 1.35. The Morgan fingerprint density at radius 1 is 1.18 bits per heavy atom. The molecule has 1 aliphatic carbocycles. The summed E-state index contributed by atoms with van der Waals surface area (Å²) in [4.78, 5) is 13.7. The average Bonchev–Trinajstić information content (AvgIpc) is 2.80. The van der Waals surface area contributed by atoms with Gasteiger partial charge in [0, 0.05) is 39.5 Å². The summed E-state index contributed by atoms with van der Waals surface area (Å²) in [7, 11) is 0. The van der Waals surface area contributed by atoms with Crippen LogP contribution in [-0.2, 0) is 24.3 Å². The van der Waals surface area contributed by atoms with Crippen molar-refractivity contribution < 1.29 is 4.79 Å². The zero-order valence-corrected chi connectivity index (χ0v) is 13.6. The molecular weight excluding hydrogens is 278 g/mol. The van der Waals surface area contributed by atoms with Crippen LogP contribution in [0.1, 0.15) is 50.7 Å². The lowest BCUT2D eigenvalue weighted by Crippen LogP contribution is -2.33. The maximum atomic E-state index is 11.1. The molecule has 0 unspecified atom stereocenters. The Morgan fingerprint density at radius 2 is 2.00 bits per heavy atom. The number of hydrogen-bond acceptors (Lipinski definition) is 4. The molecule has 122 valence electrons. The summed E-state index contributed by atoms with van der Waals surface area (Å²) >= 11 is 0. The summed E-state index contributed by atoms with van der Waals surface area (Å²) in [6, 6.07) is 0. The lowest BCUT2D eigenvalue weighted by molar-refractivity contribution is -0.119. The van der Waals surface area contributed by atoms with E-state index in [1.54, 1.807) is 0 Å². The molecule has 1 fully saturated rings. The molecule has 3 rings (SSSR count). The highest BCUT2D eigenvalue weighted by Crippen LogP contribution is 2.25. The lowest BCUT2D eigenvalue weighted by atomic mass is 9.89.